The number of hydrogen-bond donors (Lipinski definition) is 1. The number of anilines is 3. The standard InChI is InChI=1S/C29H27ClN8O2/c1-3-20(39)12-18-8-10-38(11-9-18)29-31-15-24-27(36-29)28(33-16-32-24)35-19-4-7-26(22(30)13-19)40-21-5-6-25-23(14-21)34-17-37(25)2/h3-7,13-18H,1,8-12H2,2H3,(H,32,33,35). The summed E-state index contributed by atoms with van der Waals surface area (Å²) >= 11 is 6.59. The first-order chi connectivity index (χ1) is 19.5. The number of piperidine rings is 1. The largest absolute Gasteiger partial charge is 0.456 e. The van der Waals surface area contributed by atoms with Gasteiger partial charge in [-0.25, -0.2) is 24.9 Å². The van der Waals surface area contributed by atoms with Crippen LogP contribution in [0.3, 0.4) is 0 Å². The smallest absolute Gasteiger partial charge is 0.226 e. The van der Waals surface area contributed by atoms with Crippen molar-refractivity contribution in [1.82, 2.24) is 29.5 Å². The molecule has 1 aliphatic heterocycles. The Morgan fingerprint density at radius 1 is 1.12 bits per heavy atom. The van der Waals surface area contributed by atoms with Gasteiger partial charge in [-0.1, -0.05) is 18.2 Å². The molecule has 5 aromatic rings. The predicted molar refractivity (Wildman–Crippen MR) is 155 cm³/mol. The van der Waals surface area contributed by atoms with Crippen LogP contribution in [-0.4, -0.2) is 48.4 Å². The summed E-state index contributed by atoms with van der Waals surface area (Å²) in [6.07, 6.45) is 8.71. The lowest BCUT2D eigenvalue weighted by atomic mass is 9.92. The van der Waals surface area contributed by atoms with Gasteiger partial charge >= 0.3 is 0 Å². The molecule has 11 heteroatoms. The quantitative estimate of drug-likeness (QED) is 0.236. The van der Waals surface area contributed by atoms with Crippen LogP contribution in [0, 0.1) is 5.92 Å². The number of rotatable bonds is 8. The van der Waals surface area contributed by atoms with E-state index in [0.29, 0.717) is 51.7 Å². The summed E-state index contributed by atoms with van der Waals surface area (Å²) in [5, 5.41) is 3.75. The van der Waals surface area contributed by atoms with Crippen molar-refractivity contribution in [2.75, 3.05) is 23.3 Å². The highest BCUT2D eigenvalue weighted by atomic mass is 35.5. The van der Waals surface area contributed by atoms with Gasteiger partial charge in [0, 0.05) is 38.3 Å². The first-order valence-corrected chi connectivity index (χ1v) is 13.4. The molecular weight excluding hydrogens is 528 g/mol. The number of aromatic nitrogens is 6. The summed E-state index contributed by atoms with van der Waals surface area (Å²) in [5.74, 6) is 2.79. The first-order valence-electron chi connectivity index (χ1n) is 13.0. The van der Waals surface area contributed by atoms with Crippen molar-refractivity contribution in [2.24, 2.45) is 13.0 Å². The predicted octanol–water partition coefficient (Wildman–Crippen LogP) is 5.86. The summed E-state index contributed by atoms with van der Waals surface area (Å²) in [6, 6.07) is 11.2. The Bertz CT molecular complexity index is 1730. The number of hydrogen-bond acceptors (Lipinski definition) is 9. The monoisotopic (exact) mass is 554 g/mol. The third kappa shape index (κ3) is 5.30. The Balaban J connectivity index is 1.18. The van der Waals surface area contributed by atoms with Gasteiger partial charge in [0.15, 0.2) is 11.6 Å². The Hall–Kier alpha value is -4.57. The van der Waals surface area contributed by atoms with Crippen molar-refractivity contribution in [3.63, 3.8) is 0 Å². The fraction of sp³-hybridized carbons (Fsp3) is 0.241. The van der Waals surface area contributed by atoms with Gasteiger partial charge in [-0.2, -0.15) is 0 Å². The molecule has 0 amide bonds. The Kier molecular flexibility index (Phi) is 7.00. The molecule has 0 atom stereocenters. The van der Waals surface area contributed by atoms with Gasteiger partial charge in [0.1, 0.15) is 28.9 Å². The van der Waals surface area contributed by atoms with Crippen LogP contribution in [0.2, 0.25) is 5.02 Å². The van der Waals surface area contributed by atoms with Crippen LogP contribution in [0.4, 0.5) is 17.5 Å². The highest BCUT2D eigenvalue weighted by Gasteiger charge is 2.23. The number of ketones is 1. The average Bonchev–Trinajstić information content (AvgIpc) is 3.34. The fourth-order valence-corrected chi connectivity index (χ4v) is 5.12. The number of carbonyl (C=O) groups is 1. The summed E-state index contributed by atoms with van der Waals surface area (Å²) in [5.41, 5.74) is 3.83. The molecule has 0 saturated carbocycles. The molecule has 1 fully saturated rings. The van der Waals surface area contributed by atoms with Gasteiger partial charge in [-0.3, -0.25) is 4.79 Å². The molecule has 0 bridgehead atoms. The van der Waals surface area contributed by atoms with Crippen LogP contribution < -0.4 is 15.0 Å². The summed E-state index contributed by atoms with van der Waals surface area (Å²) in [6.45, 7) is 5.14. The number of halogens is 1. The molecule has 1 N–H and O–H groups in total. The third-order valence-corrected chi connectivity index (χ3v) is 7.39. The van der Waals surface area contributed by atoms with Crippen molar-refractivity contribution in [2.45, 2.75) is 19.3 Å². The molecule has 202 valence electrons. The molecule has 40 heavy (non-hydrogen) atoms. The Morgan fingerprint density at radius 3 is 2.77 bits per heavy atom. The molecule has 0 unspecified atom stereocenters. The van der Waals surface area contributed by atoms with E-state index in [1.54, 1.807) is 24.7 Å². The van der Waals surface area contributed by atoms with E-state index in [1.807, 2.05) is 35.9 Å². The minimum Gasteiger partial charge on any atom is -0.456 e. The zero-order valence-corrected chi connectivity index (χ0v) is 22.7. The van der Waals surface area contributed by atoms with Crippen molar-refractivity contribution >= 4 is 56.9 Å². The zero-order valence-electron chi connectivity index (χ0n) is 21.9. The van der Waals surface area contributed by atoms with Crippen molar-refractivity contribution in [3.05, 3.63) is 72.9 Å². The fourth-order valence-electron chi connectivity index (χ4n) is 4.90. The van der Waals surface area contributed by atoms with Crippen molar-refractivity contribution < 1.29 is 9.53 Å². The number of ether oxygens (including phenoxy) is 1. The van der Waals surface area contributed by atoms with E-state index in [4.69, 9.17) is 21.3 Å². The van der Waals surface area contributed by atoms with Crippen LogP contribution >= 0.6 is 11.6 Å². The molecule has 1 aliphatic rings. The summed E-state index contributed by atoms with van der Waals surface area (Å²) in [4.78, 5) is 36.4. The number of fused-ring (bicyclic) bond motifs is 2. The maximum Gasteiger partial charge on any atom is 0.226 e. The number of benzene rings is 2. The van der Waals surface area contributed by atoms with E-state index in [0.717, 1.165) is 42.7 Å². The molecular formula is C29H27ClN8O2. The third-order valence-electron chi connectivity index (χ3n) is 7.10. The lowest BCUT2D eigenvalue weighted by Crippen LogP contribution is -2.35. The van der Waals surface area contributed by atoms with Crippen LogP contribution in [0.5, 0.6) is 11.5 Å². The maximum absolute atomic E-state index is 11.7. The number of nitrogens with zero attached hydrogens (tertiary/aromatic N) is 7. The van der Waals surface area contributed by atoms with Gasteiger partial charge in [0.05, 0.1) is 28.6 Å². The summed E-state index contributed by atoms with van der Waals surface area (Å²) in [7, 11) is 1.95. The molecule has 4 heterocycles. The van der Waals surface area contributed by atoms with Gasteiger partial charge in [-0.15, -0.1) is 0 Å². The Labute approximate surface area is 235 Å². The van der Waals surface area contributed by atoms with Gasteiger partial charge in [0.25, 0.3) is 0 Å². The molecule has 0 spiro atoms. The van der Waals surface area contributed by atoms with Crippen LogP contribution in [-0.2, 0) is 11.8 Å². The highest BCUT2D eigenvalue weighted by Crippen LogP contribution is 2.34. The lowest BCUT2D eigenvalue weighted by Gasteiger charge is -2.31. The average molecular weight is 555 g/mol. The molecule has 2 aromatic carbocycles. The minimum absolute atomic E-state index is 0.0963. The maximum atomic E-state index is 11.7. The first kappa shape index (κ1) is 25.7. The second-order valence-corrected chi connectivity index (χ2v) is 10.2. The minimum atomic E-state index is 0.0963. The zero-order chi connectivity index (χ0) is 27.6. The molecule has 6 rings (SSSR count). The van der Waals surface area contributed by atoms with Gasteiger partial charge in [0.2, 0.25) is 5.95 Å². The number of imidazole rings is 1. The van der Waals surface area contributed by atoms with Crippen molar-refractivity contribution in [3.8, 4) is 11.5 Å². The van der Waals surface area contributed by atoms with Crippen LogP contribution in [0.1, 0.15) is 19.3 Å². The molecule has 1 saturated heterocycles. The lowest BCUT2D eigenvalue weighted by molar-refractivity contribution is -0.115. The van der Waals surface area contributed by atoms with E-state index >= 15 is 0 Å². The normalized spacial score (nSPS) is 14.0. The van der Waals surface area contributed by atoms with Gasteiger partial charge < -0.3 is 19.5 Å². The van der Waals surface area contributed by atoms with Crippen LogP contribution in [0.15, 0.2) is 67.9 Å². The topological polar surface area (TPSA) is 111 Å². The second-order valence-electron chi connectivity index (χ2n) is 9.81. The molecule has 0 radical (unpaired) electrons. The number of allylic oxidation sites excluding steroid dienone is 1. The second kappa shape index (κ2) is 10.9. The van der Waals surface area contributed by atoms with Gasteiger partial charge in [-0.05, 0) is 55.2 Å². The Morgan fingerprint density at radius 2 is 1.98 bits per heavy atom. The van der Waals surface area contributed by atoms with E-state index in [1.165, 1.54) is 12.4 Å². The number of carbonyl (C=O) groups excluding carboxylic acids is 1. The molecule has 0 aliphatic carbocycles. The van der Waals surface area contributed by atoms with Crippen molar-refractivity contribution in [1.29, 1.82) is 0 Å². The van der Waals surface area contributed by atoms with E-state index < -0.39 is 0 Å². The number of aryl methyl sites for hydroxylation is 1. The van der Waals surface area contributed by atoms with Crippen LogP contribution in [0.25, 0.3) is 22.1 Å². The molecule has 3 aromatic heterocycles. The van der Waals surface area contributed by atoms with E-state index in [9.17, 15) is 4.79 Å². The molecule has 10 nitrogen and oxygen atoms in total. The number of nitrogens with one attached hydrogen (secondary N) is 1. The van der Waals surface area contributed by atoms with E-state index in [-0.39, 0.29) is 5.78 Å². The SMILES string of the molecule is C=CC(=O)CC1CCN(c2ncc3ncnc(Nc4ccc(Oc5ccc6c(c5)ncn6C)c(Cl)c4)c3n2)CC1. The summed E-state index contributed by atoms with van der Waals surface area (Å²) < 4.78 is 7.99. The highest BCUT2D eigenvalue weighted by molar-refractivity contribution is 6.32. The van der Waals surface area contributed by atoms with E-state index in [2.05, 4.69) is 36.7 Å².